The lowest BCUT2D eigenvalue weighted by atomic mass is 9.84. The van der Waals surface area contributed by atoms with Crippen LogP contribution < -0.4 is 5.56 Å². The Morgan fingerprint density at radius 1 is 1.19 bits per heavy atom. The number of aliphatic hydroxyl groups is 1. The van der Waals surface area contributed by atoms with E-state index < -0.39 is 5.60 Å². The van der Waals surface area contributed by atoms with Gasteiger partial charge in [0.25, 0.3) is 5.56 Å². The van der Waals surface area contributed by atoms with Crippen LogP contribution in [0.3, 0.4) is 0 Å². The van der Waals surface area contributed by atoms with E-state index in [1.165, 1.54) is 6.42 Å². The van der Waals surface area contributed by atoms with E-state index in [0.29, 0.717) is 5.92 Å². The summed E-state index contributed by atoms with van der Waals surface area (Å²) in [4.78, 5) is 19.3. The van der Waals surface area contributed by atoms with Crippen LogP contribution in [0.2, 0.25) is 0 Å². The fourth-order valence-corrected chi connectivity index (χ4v) is 4.36. The molecule has 0 unspecified atom stereocenters. The number of aromatic nitrogens is 2. The van der Waals surface area contributed by atoms with Crippen molar-refractivity contribution in [2.75, 3.05) is 19.6 Å². The maximum Gasteiger partial charge on any atom is 0.253 e. The lowest BCUT2D eigenvalue weighted by Gasteiger charge is -2.40. The lowest BCUT2D eigenvalue weighted by molar-refractivity contribution is -0.0331. The van der Waals surface area contributed by atoms with Crippen molar-refractivity contribution in [3.05, 3.63) is 28.4 Å². The highest BCUT2D eigenvalue weighted by Crippen LogP contribution is 2.30. The van der Waals surface area contributed by atoms with Gasteiger partial charge in [-0.3, -0.25) is 9.36 Å². The van der Waals surface area contributed by atoms with Crippen LogP contribution in [-0.2, 0) is 12.0 Å². The van der Waals surface area contributed by atoms with E-state index in [1.54, 1.807) is 17.0 Å². The maximum atomic E-state index is 12.4. The second-order valence-electron chi connectivity index (χ2n) is 9.52. The van der Waals surface area contributed by atoms with Gasteiger partial charge in [0.2, 0.25) is 0 Å². The van der Waals surface area contributed by atoms with E-state index in [-0.39, 0.29) is 11.0 Å². The Bertz CT molecular complexity index is 648. The van der Waals surface area contributed by atoms with Gasteiger partial charge in [-0.05, 0) is 44.7 Å². The van der Waals surface area contributed by atoms with Gasteiger partial charge >= 0.3 is 0 Å². The van der Waals surface area contributed by atoms with Gasteiger partial charge < -0.3 is 10.0 Å². The Balaban J connectivity index is 1.52. The third-order valence-electron chi connectivity index (χ3n) is 6.11. The molecule has 5 nitrogen and oxygen atoms in total. The molecule has 1 aliphatic carbocycles. The smallest absolute Gasteiger partial charge is 0.253 e. The Kier molecular flexibility index (Phi) is 5.88. The Morgan fingerprint density at radius 2 is 1.85 bits per heavy atom. The van der Waals surface area contributed by atoms with Crippen LogP contribution in [0.15, 0.2) is 17.2 Å². The minimum absolute atomic E-state index is 0.0591. The van der Waals surface area contributed by atoms with Gasteiger partial charge in [-0.1, -0.05) is 40.0 Å². The third-order valence-corrected chi connectivity index (χ3v) is 6.11. The number of rotatable bonds is 4. The van der Waals surface area contributed by atoms with Crippen molar-refractivity contribution in [1.82, 2.24) is 14.5 Å². The molecule has 1 aromatic rings. The molecular weight excluding hydrogens is 326 g/mol. The molecule has 1 saturated carbocycles. The summed E-state index contributed by atoms with van der Waals surface area (Å²) in [5, 5.41) is 10.8. The molecule has 3 rings (SSSR count). The zero-order valence-corrected chi connectivity index (χ0v) is 16.7. The summed E-state index contributed by atoms with van der Waals surface area (Å²) in [6.45, 7) is 9.86. The highest BCUT2D eigenvalue weighted by molar-refractivity contribution is 5.10. The number of piperidine rings is 1. The summed E-state index contributed by atoms with van der Waals surface area (Å²) < 4.78 is 1.77. The van der Waals surface area contributed by atoms with Crippen LogP contribution in [0, 0.1) is 5.92 Å². The molecule has 1 saturated heterocycles. The molecular formula is C21H35N3O2. The van der Waals surface area contributed by atoms with Crippen molar-refractivity contribution in [1.29, 1.82) is 0 Å². The molecule has 0 spiro atoms. The highest BCUT2D eigenvalue weighted by Gasteiger charge is 2.32. The first-order valence-electron chi connectivity index (χ1n) is 10.3. The van der Waals surface area contributed by atoms with Crippen molar-refractivity contribution in [2.24, 2.45) is 5.92 Å². The molecule has 0 bridgehead atoms. The standard InChI is InChI=1S/C21H35N3O2/c1-20(2,3)18-13-19(25)24(16-22-18)14-17-7-11-23(12-8-17)15-21(26)9-5-4-6-10-21/h13,16-17,26H,4-12,14-15H2,1-3H3. The summed E-state index contributed by atoms with van der Waals surface area (Å²) in [7, 11) is 0. The van der Waals surface area contributed by atoms with E-state index in [2.05, 4.69) is 30.7 Å². The SMILES string of the molecule is CC(C)(C)c1cc(=O)n(CC2CCN(CC3(O)CCCCC3)CC2)cn1. The Morgan fingerprint density at radius 3 is 2.42 bits per heavy atom. The second-order valence-corrected chi connectivity index (χ2v) is 9.52. The summed E-state index contributed by atoms with van der Waals surface area (Å²) in [6.07, 6.45) is 9.39. The van der Waals surface area contributed by atoms with Gasteiger partial charge in [0.15, 0.2) is 0 Å². The average molecular weight is 362 g/mol. The van der Waals surface area contributed by atoms with Crippen molar-refractivity contribution < 1.29 is 5.11 Å². The zero-order valence-electron chi connectivity index (χ0n) is 16.7. The van der Waals surface area contributed by atoms with E-state index in [0.717, 1.165) is 70.4 Å². The van der Waals surface area contributed by atoms with Gasteiger partial charge in [-0.2, -0.15) is 0 Å². The fraction of sp³-hybridized carbons (Fsp3) is 0.810. The summed E-state index contributed by atoms with van der Waals surface area (Å²) in [5.74, 6) is 0.521. The Labute approximate surface area is 157 Å². The molecule has 1 aliphatic heterocycles. The van der Waals surface area contributed by atoms with E-state index in [9.17, 15) is 9.90 Å². The van der Waals surface area contributed by atoms with Crippen molar-refractivity contribution in [3.63, 3.8) is 0 Å². The van der Waals surface area contributed by atoms with Gasteiger partial charge in [0, 0.05) is 24.6 Å². The number of hydrogen-bond acceptors (Lipinski definition) is 4. The van der Waals surface area contributed by atoms with E-state index >= 15 is 0 Å². The monoisotopic (exact) mass is 361 g/mol. The van der Waals surface area contributed by atoms with Crippen LogP contribution in [0.4, 0.5) is 0 Å². The fourth-order valence-electron chi connectivity index (χ4n) is 4.36. The first-order valence-corrected chi connectivity index (χ1v) is 10.3. The Hall–Kier alpha value is -1.20. The number of β-amino-alcohol motifs (C(OH)–C–C–N with tert-alkyl or cyclic N) is 1. The van der Waals surface area contributed by atoms with Crippen LogP contribution in [0.1, 0.15) is 71.4 Å². The molecule has 26 heavy (non-hydrogen) atoms. The van der Waals surface area contributed by atoms with Gasteiger partial charge in [0.05, 0.1) is 17.6 Å². The predicted octanol–water partition coefficient (Wildman–Crippen LogP) is 2.95. The molecule has 2 heterocycles. The maximum absolute atomic E-state index is 12.4. The van der Waals surface area contributed by atoms with Gasteiger partial charge in [-0.25, -0.2) is 4.98 Å². The summed E-state index contributed by atoms with van der Waals surface area (Å²) in [6, 6.07) is 1.69. The van der Waals surface area contributed by atoms with Gasteiger partial charge in [-0.15, -0.1) is 0 Å². The first-order chi connectivity index (χ1) is 12.3. The molecule has 1 aromatic heterocycles. The predicted molar refractivity (Wildman–Crippen MR) is 104 cm³/mol. The first kappa shape index (κ1) is 19.6. The number of nitrogens with zero attached hydrogens (tertiary/aromatic N) is 3. The summed E-state index contributed by atoms with van der Waals surface area (Å²) in [5.41, 5.74) is 0.357. The van der Waals surface area contributed by atoms with Crippen molar-refractivity contribution >= 4 is 0 Å². The summed E-state index contributed by atoms with van der Waals surface area (Å²) >= 11 is 0. The van der Waals surface area contributed by atoms with Crippen LogP contribution >= 0.6 is 0 Å². The molecule has 5 heteroatoms. The molecule has 0 radical (unpaired) electrons. The largest absolute Gasteiger partial charge is 0.389 e. The van der Waals surface area contributed by atoms with Crippen LogP contribution in [0.5, 0.6) is 0 Å². The molecule has 0 atom stereocenters. The zero-order chi connectivity index (χ0) is 18.8. The lowest BCUT2D eigenvalue weighted by Crippen LogP contribution is -2.47. The topological polar surface area (TPSA) is 58.4 Å². The highest BCUT2D eigenvalue weighted by atomic mass is 16.3. The number of likely N-dealkylation sites (tertiary alicyclic amines) is 1. The van der Waals surface area contributed by atoms with Gasteiger partial charge in [0.1, 0.15) is 0 Å². The van der Waals surface area contributed by atoms with E-state index in [1.807, 2.05) is 0 Å². The van der Waals surface area contributed by atoms with Crippen LogP contribution in [0.25, 0.3) is 0 Å². The normalized spacial score (nSPS) is 22.5. The molecule has 1 N–H and O–H groups in total. The van der Waals surface area contributed by atoms with Crippen molar-refractivity contribution in [3.8, 4) is 0 Å². The number of hydrogen-bond donors (Lipinski definition) is 1. The molecule has 2 aliphatic rings. The molecule has 0 aromatic carbocycles. The third kappa shape index (κ3) is 4.95. The van der Waals surface area contributed by atoms with Crippen molar-refractivity contribution in [2.45, 2.75) is 83.3 Å². The van der Waals surface area contributed by atoms with E-state index in [4.69, 9.17) is 0 Å². The quantitative estimate of drug-likeness (QED) is 0.896. The minimum Gasteiger partial charge on any atom is -0.389 e. The second kappa shape index (κ2) is 7.81. The molecule has 2 fully saturated rings. The molecule has 0 amide bonds. The molecule has 146 valence electrons. The van der Waals surface area contributed by atoms with Crippen LogP contribution in [-0.4, -0.2) is 44.8 Å². The minimum atomic E-state index is -0.464. The average Bonchev–Trinajstić information content (AvgIpc) is 2.58.